The highest BCUT2D eigenvalue weighted by atomic mass is 32.2. The second-order valence-electron chi connectivity index (χ2n) is 4.35. The quantitative estimate of drug-likeness (QED) is 0.615. The van der Waals surface area contributed by atoms with E-state index in [1.807, 2.05) is 0 Å². The molecule has 0 bridgehead atoms. The van der Waals surface area contributed by atoms with Crippen LogP contribution < -0.4 is 10.6 Å². The van der Waals surface area contributed by atoms with Crippen molar-refractivity contribution in [1.29, 1.82) is 0 Å². The number of rotatable bonds is 4. The largest absolute Gasteiger partial charge is 0.383 e. The number of thioether (sulfide) groups is 1. The maximum atomic E-state index is 12.1. The molecule has 0 aromatic rings. The van der Waals surface area contributed by atoms with E-state index < -0.39 is 23.6 Å². The fourth-order valence-corrected chi connectivity index (χ4v) is 3.20. The zero-order chi connectivity index (χ0) is 15.9. The number of imide groups is 2. The molecule has 0 spiro atoms. The van der Waals surface area contributed by atoms with Gasteiger partial charge in [-0.15, -0.1) is 0 Å². The molecule has 0 unspecified atom stereocenters. The maximum absolute atomic E-state index is 12.1. The average Bonchev–Trinajstić information content (AvgIpc) is 2.80. The first-order valence-electron chi connectivity index (χ1n) is 6.01. The van der Waals surface area contributed by atoms with Gasteiger partial charge in [-0.3, -0.25) is 29.0 Å². The highest BCUT2D eigenvalue weighted by Gasteiger charge is 2.41. The molecule has 8 nitrogen and oxygen atoms in total. The predicted octanol–water partition coefficient (Wildman–Crippen LogP) is -1.42. The molecule has 0 saturated heterocycles. The van der Waals surface area contributed by atoms with Gasteiger partial charge in [-0.05, 0) is 0 Å². The number of carbonyl (C=O) groups is 4. The molecule has 0 saturated carbocycles. The van der Waals surface area contributed by atoms with Crippen molar-refractivity contribution >= 4 is 35.4 Å². The van der Waals surface area contributed by atoms with E-state index in [0.29, 0.717) is 0 Å². The van der Waals surface area contributed by atoms with Crippen molar-refractivity contribution < 1.29 is 19.2 Å². The Morgan fingerprint density at radius 3 is 1.33 bits per heavy atom. The van der Waals surface area contributed by atoms with Crippen LogP contribution in [0.25, 0.3) is 0 Å². The van der Waals surface area contributed by atoms with Crippen molar-refractivity contribution in [3.63, 3.8) is 0 Å². The van der Waals surface area contributed by atoms with Crippen LogP contribution in [-0.2, 0) is 19.2 Å². The van der Waals surface area contributed by atoms with Crippen molar-refractivity contribution in [1.82, 2.24) is 20.4 Å². The van der Waals surface area contributed by atoms with Crippen LogP contribution >= 0.6 is 11.8 Å². The molecule has 2 aliphatic heterocycles. The molecule has 0 aliphatic carbocycles. The fourth-order valence-electron chi connectivity index (χ4n) is 1.96. The third-order valence-electron chi connectivity index (χ3n) is 3.19. The smallest absolute Gasteiger partial charge is 0.277 e. The minimum absolute atomic E-state index is 0.101. The number of likely N-dealkylation sites (N-methyl/N-ethyl adjacent to an activating group) is 4. The lowest BCUT2D eigenvalue weighted by atomic mass is 10.4. The molecule has 0 atom stereocenters. The number of nitrogens with zero attached hydrogens (tertiary/aromatic N) is 2. The molecule has 0 aromatic heterocycles. The Morgan fingerprint density at radius 2 is 1.05 bits per heavy atom. The molecule has 0 radical (unpaired) electrons. The monoisotopic (exact) mass is 310 g/mol. The van der Waals surface area contributed by atoms with Crippen LogP contribution in [0.2, 0.25) is 0 Å². The number of carbonyl (C=O) groups excluding carboxylic acids is 4. The van der Waals surface area contributed by atoms with Gasteiger partial charge in [0, 0.05) is 28.2 Å². The van der Waals surface area contributed by atoms with Crippen molar-refractivity contribution in [2.75, 3.05) is 28.2 Å². The highest BCUT2D eigenvalue weighted by molar-refractivity contribution is 8.08. The van der Waals surface area contributed by atoms with E-state index in [9.17, 15) is 19.2 Å². The first kappa shape index (κ1) is 15.1. The van der Waals surface area contributed by atoms with E-state index in [1.165, 1.54) is 28.2 Å². The minimum atomic E-state index is -0.507. The highest BCUT2D eigenvalue weighted by Crippen LogP contribution is 2.37. The lowest BCUT2D eigenvalue weighted by Gasteiger charge is -2.07. The Balaban J connectivity index is 2.45. The summed E-state index contributed by atoms with van der Waals surface area (Å²) in [6.45, 7) is 0. The summed E-state index contributed by atoms with van der Waals surface area (Å²) in [5.41, 5.74) is 0.232. The maximum Gasteiger partial charge on any atom is 0.277 e. The Hall–Kier alpha value is -2.29. The molecule has 2 aliphatic rings. The van der Waals surface area contributed by atoms with Crippen LogP contribution in [0.5, 0.6) is 0 Å². The lowest BCUT2D eigenvalue weighted by Crippen LogP contribution is -2.29. The lowest BCUT2D eigenvalue weighted by molar-refractivity contribution is -0.137. The van der Waals surface area contributed by atoms with Gasteiger partial charge in [0.2, 0.25) is 0 Å². The fraction of sp³-hybridized carbons (Fsp3) is 0.333. The molecular formula is C12H14N4O4S. The van der Waals surface area contributed by atoms with Crippen LogP contribution in [0.3, 0.4) is 0 Å². The van der Waals surface area contributed by atoms with Gasteiger partial charge in [0.15, 0.2) is 0 Å². The number of amides is 4. The summed E-state index contributed by atoms with van der Waals surface area (Å²) in [5, 5.41) is 5.33. The van der Waals surface area contributed by atoms with Gasteiger partial charge in [-0.25, -0.2) is 0 Å². The second kappa shape index (κ2) is 5.24. The van der Waals surface area contributed by atoms with E-state index >= 15 is 0 Å². The van der Waals surface area contributed by atoms with Gasteiger partial charge >= 0.3 is 0 Å². The summed E-state index contributed by atoms with van der Waals surface area (Å²) in [5.74, 6) is -1.96. The molecule has 0 aromatic carbocycles. The SMILES string of the molecule is CNC1=C(SC2=C(NC)C(=O)N(C)C2=O)C(=O)N(C)C1=O. The molecule has 0 fully saturated rings. The topological polar surface area (TPSA) is 98.8 Å². The molecule has 2 heterocycles. The van der Waals surface area contributed by atoms with E-state index in [4.69, 9.17) is 0 Å². The van der Waals surface area contributed by atoms with E-state index in [0.717, 1.165) is 21.6 Å². The molecule has 9 heteroatoms. The van der Waals surface area contributed by atoms with Crippen LogP contribution in [0.4, 0.5) is 0 Å². The summed E-state index contributed by atoms with van der Waals surface area (Å²) < 4.78 is 0. The van der Waals surface area contributed by atoms with Crippen molar-refractivity contribution in [3.8, 4) is 0 Å². The molecule has 2 N–H and O–H groups in total. The zero-order valence-electron chi connectivity index (χ0n) is 11.9. The standard InChI is InChI=1S/C12H14N4O4S/c1-13-5-7(11(19)15(3)9(5)17)21-8-6(14-2)10(18)16(4)12(8)20/h13-14H,1-4H3. The molecule has 4 amide bonds. The first-order chi connectivity index (χ1) is 9.84. The van der Waals surface area contributed by atoms with E-state index in [1.54, 1.807) is 0 Å². The zero-order valence-corrected chi connectivity index (χ0v) is 12.8. The third-order valence-corrected chi connectivity index (χ3v) is 4.36. The summed E-state index contributed by atoms with van der Waals surface area (Å²) in [6, 6.07) is 0. The van der Waals surface area contributed by atoms with E-state index in [2.05, 4.69) is 10.6 Å². The number of nitrogens with one attached hydrogen (secondary N) is 2. The number of hydrogen-bond acceptors (Lipinski definition) is 7. The van der Waals surface area contributed by atoms with Gasteiger partial charge < -0.3 is 10.6 Å². The van der Waals surface area contributed by atoms with Crippen molar-refractivity contribution in [3.05, 3.63) is 21.2 Å². The number of hydrogen-bond donors (Lipinski definition) is 2. The first-order valence-corrected chi connectivity index (χ1v) is 6.83. The Bertz CT molecular complexity index is 583. The summed E-state index contributed by atoms with van der Waals surface area (Å²) in [6.07, 6.45) is 0. The van der Waals surface area contributed by atoms with Crippen LogP contribution in [0.15, 0.2) is 21.2 Å². The molecule has 112 valence electrons. The van der Waals surface area contributed by atoms with Gasteiger partial charge in [-0.1, -0.05) is 11.8 Å². The summed E-state index contributed by atoms with van der Waals surface area (Å²) >= 11 is 0.822. The second-order valence-corrected chi connectivity index (χ2v) is 5.37. The molecule has 21 heavy (non-hydrogen) atoms. The van der Waals surface area contributed by atoms with Crippen molar-refractivity contribution in [2.45, 2.75) is 0 Å². The Morgan fingerprint density at radius 1 is 0.714 bits per heavy atom. The third kappa shape index (κ3) is 2.09. The minimum Gasteiger partial charge on any atom is -0.383 e. The van der Waals surface area contributed by atoms with Crippen molar-refractivity contribution in [2.24, 2.45) is 0 Å². The average molecular weight is 310 g/mol. The van der Waals surface area contributed by atoms with Gasteiger partial charge in [0.25, 0.3) is 23.6 Å². The van der Waals surface area contributed by atoms with Crippen LogP contribution in [-0.4, -0.2) is 61.6 Å². The predicted molar refractivity (Wildman–Crippen MR) is 75.3 cm³/mol. The van der Waals surface area contributed by atoms with Gasteiger partial charge in [0.1, 0.15) is 21.2 Å². The molecule has 2 rings (SSSR count). The van der Waals surface area contributed by atoms with Crippen LogP contribution in [0, 0.1) is 0 Å². The van der Waals surface area contributed by atoms with Gasteiger partial charge in [-0.2, -0.15) is 0 Å². The Kier molecular flexibility index (Phi) is 3.77. The normalized spacial score (nSPS) is 19.4. The van der Waals surface area contributed by atoms with Gasteiger partial charge in [0.05, 0.1) is 0 Å². The Labute approximate surface area is 125 Å². The van der Waals surface area contributed by atoms with E-state index in [-0.39, 0.29) is 21.2 Å². The summed E-state index contributed by atoms with van der Waals surface area (Å²) in [7, 11) is 5.75. The van der Waals surface area contributed by atoms with Crippen LogP contribution in [0.1, 0.15) is 0 Å². The summed E-state index contributed by atoms with van der Waals surface area (Å²) in [4.78, 5) is 50.0. The molecular weight excluding hydrogens is 296 g/mol.